The molecule has 1 aromatic carbocycles. The number of carbonyl (C=O) groups excluding carboxylic acids is 1. The van der Waals surface area contributed by atoms with Gasteiger partial charge < -0.3 is 10.2 Å². The number of likely N-dealkylation sites (tertiary alicyclic amines) is 1. The predicted molar refractivity (Wildman–Crippen MR) is 104 cm³/mol. The van der Waals surface area contributed by atoms with E-state index in [1.165, 1.54) is 0 Å². The Morgan fingerprint density at radius 3 is 2.38 bits per heavy atom. The number of nitrogens with one attached hydrogen (secondary N) is 1. The number of halogens is 4. The SMILES string of the molecule is O=C(c1nn2c(c1Cl)N[C@@H](c1ccccc1)C[C@H]2C(F)(F)F)N1CCCCCC1. The van der Waals surface area contributed by atoms with Gasteiger partial charge in [0.2, 0.25) is 0 Å². The van der Waals surface area contributed by atoms with E-state index in [4.69, 9.17) is 11.6 Å². The lowest BCUT2D eigenvalue weighted by molar-refractivity contribution is -0.173. The van der Waals surface area contributed by atoms with Crippen molar-refractivity contribution in [1.82, 2.24) is 14.7 Å². The first-order chi connectivity index (χ1) is 13.9. The van der Waals surface area contributed by atoms with Crippen molar-refractivity contribution in [1.29, 1.82) is 0 Å². The second kappa shape index (κ2) is 7.89. The fraction of sp³-hybridized carbons (Fsp3) is 0.500. The van der Waals surface area contributed by atoms with Crippen molar-refractivity contribution in [2.24, 2.45) is 0 Å². The van der Waals surface area contributed by atoms with Gasteiger partial charge in [-0.3, -0.25) is 4.79 Å². The summed E-state index contributed by atoms with van der Waals surface area (Å²) in [5, 5.41) is 7.07. The van der Waals surface area contributed by atoms with Gasteiger partial charge in [-0.25, -0.2) is 4.68 Å². The van der Waals surface area contributed by atoms with Crippen LogP contribution in [0.25, 0.3) is 0 Å². The lowest BCUT2D eigenvalue weighted by Crippen LogP contribution is -2.36. The Hall–Kier alpha value is -2.22. The number of benzene rings is 1. The lowest BCUT2D eigenvalue weighted by Gasteiger charge is -2.33. The van der Waals surface area contributed by atoms with Crippen LogP contribution in [0.3, 0.4) is 0 Å². The largest absolute Gasteiger partial charge is 0.410 e. The third-order valence-corrected chi connectivity index (χ3v) is 5.95. The maximum atomic E-state index is 13.8. The summed E-state index contributed by atoms with van der Waals surface area (Å²) in [6, 6.07) is 6.48. The molecule has 1 fully saturated rings. The quantitative estimate of drug-likeness (QED) is 0.716. The number of fused-ring (bicyclic) bond motifs is 1. The van der Waals surface area contributed by atoms with E-state index in [1.54, 1.807) is 29.2 Å². The minimum absolute atomic E-state index is 0.0471. The molecule has 0 bridgehead atoms. The molecule has 1 amide bonds. The van der Waals surface area contributed by atoms with Crippen LogP contribution >= 0.6 is 11.6 Å². The molecule has 2 aromatic rings. The van der Waals surface area contributed by atoms with Crippen LogP contribution in [0, 0.1) is 0 Å². The summed E-state index contributed by atoms with van der Waals surface area (Å²) in [4.78, 5) is 14.6. The minimum atomic E-state index is -4.51. The van der Waals surface area contributed by atoms with Gasteiger partial charge in [0.05, 0.1) is 6.04 Å². The molecule has 4 rings (SSSR count). The van der Waals surface area contributed by atoms with E-state index in [-0.39, 0.29) is 23.0 Å². The molecule has 1 aromatic heterocycles. The molecule has 2 aliphatic rings. The van der Waals surface area contributed by atoms with Gasteiger partial charge in [0.1, 0.15) is 10.8 Å². The summed E-state index contributed by atoms with van der Waals surface area (Å²) >= 11 is 6.40. The van der Waals surface area contributed by atoms with Crippen molar-refractivity contribution < 1.29 is 18.0 Å². The van der Waals surface area contributed by atoms with Crippen molar-refractivity contribution in [2.45, 2.75) is 50.4 Å². The first-order valence-corrected chi connectivity index (χ1v) is 10.2. The molecule has 3 heterocycles. The number of carbonyl (C=O) groups is 1. The van der Waals surface area contributed by atoms with Crippen molar-refractivity contribution in [2.75, 3.05) is 18.4 Å². The maximum Gasteiger partial charge on any atom is 0.410 e. The molecule has 5 nitrogen and oxygen atoms in total. The number of anilines is 1. The maximum absolute atomic E-state index is 13.8. The molecule has 0 unspecified atom stereocenters. The highest BCUT2D eigenvalue weighted by molar-refractivity contribution is 6.36. The van der Waals surface area contributed by atoms with E-state index in [2.05, 4.69) is 10.4 Å². The van der Waals surface area contributed by atoms with Gasteiger partial charge in [-0.15, -0.1) is 0 Å². The average Bonchev–Trinajstić information content (AvgIpc) is 2.88. The monoisotopic (exact) mass is 426 g/mol. The summed E-state index contributed by atoms with van der Waals surface area (Å²) < 4.78 is 42.3. The third kappa shape index (κ3) is 3.95. The van der Waals surface area contributed by atoms with Crippen LogP contribution in [0.2, 0.25) is 5.02 Å². The zero-order valence-electron chi connectivity index (χ0n) is 15.8. The fourth-order valence-electron chi connectivity index (χ4n) is 4.05. The number of aromatic nitrogens is 2. The van der Waals surface area contributed by atoms with Gasteiger partial charge in [-0.1, -0.05) is 54.8 Å². The topological polar surface area (TPSA) is 50.2 Å². The van der Waals surface area contributed by atoms with E-state index < -0.39 is 24.2 Å². The van der Waals surface area contributed by atoms with E-state index in [1.807, 2.05) is 6.07 Å². The molecular formula is C20H22ClF3N4O. The highest BCUT2D eigenvalue weighted by atomic mass is 35.5. The first kappa shape index (κ1) is 20.1. The minimum Gasteiger partial charge on any atom is -0.362 e. The Bertz CT molecular complexity index is 876. The summed E-state index contributed by atoms with van der Waals surface area (Å²) in [6.45, 7) is 1.14. The molecule has 2 atom stereocenters. The summed E-state index contributed by atoms with van der Waals surface area (Å²) in [5.41, 5.74) is 0.615. The molecule has 1 saturated heterocycles. The normalized spacial score (nSPS) is 22.6. The Balaban J connectivity index is 1.71. The van der Waals surface area contributed by atoms with Crippen molar-refractivity contribution in [3.8, 4) is 0 Å². The zero-order valence-corrected chi connectivity index (χ0v) is 16.5. The number of nitrogens with zero attached hydrogens (tertiary/aromatic N) is 3. The number of alkyl halides is 3. The van der Waals surface area contributed by atoms with Gasteiger partial charge in [0.15, 0.2) is 11.7 Å². The van der Waals surface area contributed by atoms with E-state index in [0.717, 1.165) is 35.9 Å². The van der Waals surface area contributed by atoms with Gasteiger partial charge in [-0.2, -0.15) is 18.3 Å². The van der Waals surface area contributed by atoms with E-state index >= 15 is 0 Å². The van der Waals surface area contributed by atoms with E-state index in [0.29, 0.717) is 13.1 Å². The second-order valence-corrected chi connectivity index (χ2v) is 7.94. The molecule has 0 saturated carbocycles. The summed E-state index contributed by atoms with van der Waals surface area (Å²) in [5.74, 6) is -0.356. The number of rotatable bonds is 2. The smallest absolute Gasteiger partial charge is 0.362 e. The number of amides is 1. The van der Waals surface area contributed by atoms with Gasteiger partial charge in [0, 0.05) is 19.5 Å². The number of hydrogen-bond acceptors (Lipinski definition) is 3. The second-order valence-electron chi connectivity index (χ2n) is 7.56. The molecule has 156 valence electrons. The third-order valence-electron chi connectivity index (χ3n) is 5.59. The predicted octanol–water partition coefficient (Wildman–Crippen LogP) is 5.21. The first-order valence-electron chi connectivity index (χ1n) is 9.81. The van der Waals surface area contributed by atoms with Crippen LogP contribution in [0.5, 0.6) is 0 Å². The van der Waals surface area contributed by atoms with Gasteiger partial charge in [-0.05, 0) is 18.4 Å². The number of hydrogen-bond donors (Lipinski definition) is 1. The fourth-order valence-corrected chi connectivity index (χ4v) is 4.31. The average molecular weight is 427 g/mol. The van der Waals surface area contributed by atoms with Gasteiger partial charge in [0.25, 0.3) is 5.91 Å². The summed E-state index contributed by atoms with van der Waals surface area (Å²) in [7, 11) is 0. The molecule has 2 aliphatic heterocycles. The van der Waals surface area contributed by atoms with Crippen LogP contribution in [0.1, 0.15) is 60.2 Å². The Kier molecular flexibility index (Phi) is 5.46. The van der Waals surface area contributed by atoms with Crippen LogP contribution in [0.15, 0.2) is 30.3 Å². The van der Waals surface area contributed by atoms with Crippen LogP contribution in [-0.4, -0.2) is 39.9 Å². The standard InChI is InChI=1S/C20H22ClF3N4O/c21-16-17(19(29)27-10-6-1-2-7-11-27)26-28-15(20(22,23)24)12-14(25-18(16)28)13-8-4-3-5-9-13/h3-5,8-9,14-15,25H,1-2,6-7,10-12H2/t14-,15+/m1/s1. The molecule has 29 heavy (non-hydrogen) atoms. The molecule has 0 radical (unpaired) electrons. The van der Waals surface area contributed by atoms with Crippen molar-refractivity contribution in [3.63, 3.8) is 0 Å². The lowest BCUT2D eigenvalue weighted by atomic mass is 9.97. The van der Waals surface area contributed by atoms with Crippen molar-refractivity contribution in [3.05, 3.63) is 46.6 Å². The Morgan fingerprint density at radius 1 is 1.10 bits per heavy atom. The zero-order chi connectivity index (χ0) is 20.6. The molecule has 1 N–H and O–H groups in total. The van der Waals surface area contributed by atoms with Gasteiger partial charge >= 0.3 is 6.18 Å². The van der Waals surface area contributed by atoms with E-state index in [9.17, 15) is 18.0 Å². The highest BCUT2D eigenvalue weighted by Crippen LogP contribution is 2.46. The molecule has 0 aliphatic carbocycles. The van der Waals surface area contributed by atoms with Crippen LogP contribution in [0.4, 0.5) is 19.0 Å². The van der Waals surface area contributed by atoms with Crippen LogP contribution in [-0.2, 0) is 0 Å². The molecule has 0 spiro atoms. The Morgan fingerprint density at radius 2 is 1.76 bits per heavy atom. The highest BCUT2D eigenvalue weighted by Gasteiger charge is 2.48. The molecular weight excluding hydrogens is 405 g/mol. The molecule has 9 heteroatoms. The van der Waals surface area contributed by atoms with Crippen molar-refractivity contribution >= 4 is 23.3 Å². The van der Waals surface area contributed by atoms with Crippen LogP contribution < -0.4 is 5.32 Å². The summed E-state index contributed by atoms with van der Waals surface area (Å²) in [6.07, 6.45) is -0.924. The Labute approximate surface area is 171 Å².